The molecular formula is C17H35N3. The van der Waals surface area contributed by atoms with Crippen molar-refractivity contribution >= 4 is 0 Å². The normalized spacial score (nSPS) is 27.3. The smallest absolute Gasteiger partial charge is 0.0223 e. The first-order chi connectivity index (χ1) is 9.46. The fraction of sp³-hybridized carbons (Fsp3) is 1.00. The van der Waals surface area contributed by atoms with Crippen LogP contribution in [0.2, 0.25) is 0 Å². The molecule has 1 N–H and O–H groups in total. The van der Waals surface area contributed by atoms with Gasteiger partial charge in [0.25, 0.3) is 0 Å². The summed E-state index contributed by atoms with van der Waals surface area (Å²) < 4.78 is 0. The maximum atomic E-state index is 3.60. The Morgan fingerprint density at radius 2 is 1.95 bits per heavy atom. The minimum atomic E-state index is 0.261. The molecule has 0 aliphatic carbocycles. The largest absolute Gasteiger partial charge is 0.312 e. The lowest BCUT2D eigenvalue weighted by molar-refractivity contribution is 0.0289. The second kappa shape index (κ2) is 7.24. The van der Waals surface area contributed by atoms with E-state index in [1.807, 2.05) is 0 Å². The first-order valence-corrected chi connectivity index (χ1v) is 8.69. The average Bonchev–Trinajstić information content (AvgIpc) is 2.42. The fourth-order valence-corrected chi connectivity index (χ4v) is 3.62. The zero-order valence-electron chi connectivity index (χ0n) is 14.1. The summed E-state index contributed by atoms with van der Waals surface area (Å²) in [5, 5.41) is 3.60. The van der Waals surface area contributed by atoms with Crippen LogP contribution in [0.25, 0.3) is 0 Å². The van der Waals surface area contributed by atoms with E-state index in [-0.39, 0.29) is 5.54 Å². The highest BCUT2D eigenvalue weighted by molar-refractivity contribution is 4.87. The second-order valence-electron chi connectivity index (χ2n) is 7.85. The molecule has 2 fully saturated rings. The van der Waals surface area contributed by atoms with E-state index in [9.17, 15) is 0 Å². The molecule has 118 valence electrons. The average molecular weight is 281 g/mol. The lowest BCUT2D eigenvalue weighted by Gasteiger charge is -2.46. The Balaban J connectivity index is 1.66. The molecule has 20 heavy (non-hydrogen) atoms. The van der Waals surface area contributed by atoms with Gasteiger partial charge in [0.15, 0.2) is 0 Å². The summed E-state index contributed by atoms with van der Waals surface area (Å²) in [5.41, 5.74) is 0.261. The molecule has 2 aliphatic rings. The van der Waals surface area contributed by atoms with E-state index < -0.39 is 0 Å². The highest BCUT2D eigenvalue weighted by Gasteiger charge is 2.30. The summed E-state index contributed by atoms with van der Waals surface area (Å²) in [7, 11) is 0. The van der Waals surface area contributed by atoms with Crippen molar-refractivity contribution in [1.29, 1.82) is 0 Å². The van der Waals surface area contributed by atoms with Gasteiger partial charge in [0.2, 0.25) is 0 Å². The predicted molar refractivity (Wildman–Crippen MR) is 87.2 cm³/mol. The quantitative estimate of drug-likeness (QED) is 0.782. The van der Waals surface area contributed by atoms with Crippen LogP contribution in [-0.4, -0.2) is 60.1 Å². The van der Waals surface area contributed by atoms with E-state index in [1.54, 1.807) is 0 Å². The molecule has 2 aliphatic heterocycles. The number of nitrogens with zero attached hydrogens (tertiary/aromatic N) is 2. The third-order valence-electron chi connectivity index (χ3n) is 4.95. The monoisotopic (exact) mass is 281 g/mol. The molecule has 2 unspecified atom stereocenters. The molecule has 0 radical (unpaired) electrons. The molecule has 0 amide bonds. The summed E-state index contributed by atoms with van der Waals surface area (Å²) in [6.45, 7) is 15.6. The highest BCUT2D eigenvalue weighted by Crippen LogP contribution is 2.23. The maximum Gasteiger partial charge on any atom is 0.0223 e. The molecule has 3 heteroatoms. The molecule has 0 spiro atoms. The number of rotatable bonds is 5. The Morgan fingerprint density at radius 3 is 2.70 bits per heavy atom. The van der Waals surface area contributed by atoms with Crippen LogP contribution in [0.1, 0.15) is 59.8 Å². The molecule has 0 aromatic rings. The Kier molecular flexibility index (Phi) is 5.88. The van der Waals surface area contributed by atoms with Crippen LogP contribution >= 0.6 is 0 Å². The number of nitrogens with one attached hydrogen (secondary N) is 1. The van der Waals surface area contributed by atoms with Crippen molar-refractivity contribution in [3.8, 4) is 0 Å². The van der Waals surface area contributed by atoms with Gasteiger partial charge in [-0.3, -0.25) is 9.80 Å². The Hall–Kier alpha value is -0.120. The molecule has 2 heterocycles. The molecule has 0 aromatic heterocycles. The van der Waals surface area contributed by atoms with Gasteiger partial charge in [0.05, 0.1) is 0 Å². The van der Waals surface area contributed by atoms with Crippen LogP contribution < -0.4 is 5.32 Å². The van der Waals surface area contributed by atoms with Crippen molar-refractivity contribution in [2.75, 3.05) is 32.7 Å². The summed E-state index contributed by atoms with van der Waals surface area (Å²) in [5.74, 6) is 0. The van der Waals surface area contributed by atoms with E-state index in [0.717, 1.165) is 18.6 Å². The van der Waals surface area contributed by atoms with Crippen LogP contribution in [0.3, 0.4) is 0 Å². The minimum Gasteiger partial charge on any atom is -0.312 e. The maximum absolute atomic E-state index is 3.60. The summed E-state index contributed by atoms with van der Waals surface area (Å²) >= 11 is 0. The SMILES string of the molecule is CC(CCCNC(C)(C)C)N1CCN2CCCCC2C1. The van der Waals surface area contributed by atoms with E-state index in [2.05, 4.69) is 42.8 Å². The van der Waals surface area contributed by atoms with Gasteiger partial charge >= 0.3 is 0 Å². The van der Waals surface area contributed by atoms with Gasteiger partial charge in [-0.05, 0) is 66.5 Å². The van der Waals surface area contributed by atoms with Crippen molar-refractivity contribution in [2.45, 2.75) is 77.4 Å². The van der Waals surface area contributed by atoms with Crippen LogP contribution in [0.5, 0.6) is 0 Å². The van der Waals surface area contributed by atoms with E-state index in [1.165, 1.54) is 58.3 Å². The summed E-state index contributed by atoms with van der Waals surface area (Å²) in [6, 6.07) is 1.61. The zero-order chi connectivity index (χ0) is 14.6. The number of hydrogen-bond donors (Lipinski definition) is 1. The number of piperidine rings is 1. The molecule has 0 saturated carbocycles. The molecule has 3 nitrogen and oxygen atoms in total. The number of hydrogen-bond acceptors (Lipinski definition) is 3. The van der Waals surface area contributed by atoms with Crippen LogP contribution in [0, 0.1) is 0 Å². The van der Waals surface area contributed by atoms with Crippen LogP contribution in [0.4, 0.5) is 0 Å². The zero-order valence-corrected chi connectivity index (χ0v) is 14.1. The van der Waals surface area contributed by atoms with Crippen molar-refractivity contribution < 1.29 is 0 Å². The molecular weight excluding hydrogens is 246 g/mol. The first kappa shape index (κ1) is 16.3. The molecule has 0 aromatic carbocycles. The molecule has 2 atom stereocenters. The summed E-state index contributed by atoms with van der Waals surface area (Å²) in [6.07, 6.45) is 6.91. The van der Waals surface area contributed by atoms with Gasteiger partial charge in [-0.15, -0.1) is 0 Å². The third kappa shape index (κ3) is 5.01. The van der Waals surface area contributed by atoms with Crippen molar-refractivity contribution in [1.82, 2.24) is 15.1 Å². The first-order valence-electron chi connectivity index (χ1n) is 8.69. The highest BCUT2D eigenvalue weighted by atomic mass is 15.3. The molecule has 2 saturated heterocycles. The number of piperazine rings is 1. The van der Waals surface area contributed by atoms with Gasteiger partial charge in [-0.2, -0.15) is 0 Å². The van der Waals surface area contributed by atoms with Crippen molar-refractivity contribution in [3.63, 3.8) is 0 Å². The van der Waals surface area contributed by atoms with Gasteiger partial charge in [-0.1, -0.05) is 6.42 Å². The Morgan fingerprint density at radius 1 is 1.15 bits per heavy atom. The van der Waals surface area contributed by atoms with Gasteiger partial charge < -0.3 is 5.32 Å². The van der Waals surface area contributed by atoms with E-state index in [0.29, 0.717) is 0 Å². The lowest BCUT2D eigenvalue weighted by Crippen LogP contribution is -2.56. The van der Waals surface area contributed by atoms with Crippen molar-refractivity contribution in [3.05, 3.63) is 0 Å². The standard InChI is InChI=1S/C17H35N3/c1-15(8-7-10-18-17(2,3)4)20-13-12-19-11-6-5-9-16(19)14-20/h15-16,18H,5-14H2,1-4H3. The van der Waals surface area contributed by atoms with Gasteiger partial charge in [0.1, 0.15) is 0 Å². The molecule has 2 rings (SSSR count). The topological polar surface area (TPSA) is 18.5 Å². The molecule has 0 bridgehead atoms. The number of fused-ring (bicyclic) bond motifs is 1. The summed E-state index contributed by atoms with van der Waals surface area (Å²) in [4.78, 5) is 5.47. The van der Waals surface area contributed by atoms with Crippen LogP contribution in [0.15, 0.2) is 0 Å². The van der Waals surface area contributed by atoms with Crippen molar-refractivity contribution in [2.24, 2.45) is 0 Å². The Bertz CT molecular complexity index is 284. The minimum absolute atomic E-state index is 0.261. The predicted octanol–water partition coefficient (Wildman–Crippen LogP) is 2.71. The van der Waals surface area contributed by atoms with Gasteiger partial charge in [-0.25, -0.2) is 0 Å². The van der Waals surface area contributed by atoms with Gasteiger partial charge in [0, 0.05) is 37.3 Å². The third-order valence-corrected chi connectivity index (χ3v) is 4.95. The lowest BCUT2D eigenvalue weighted by atomic mass is 9.98. The second-order valence-corrected chi connectivity index (χ2v) is 7.85. The Labute approximate surface area is 126 Å². The van der Waals surface area contributed by atoms with E-state index in [4.69, 9.17) is 0 Å². The van der Waals surface area contributed by atoms with E-state index >= 15 is 0 Å². The van der Waals surface area contributed by atoms with Crippen LogP contribution in [-0.2, 0) is 0 Å². The fourth-order valence-electron chi connectivity index (χ4n) is 3.62.